The van der Waals surface area contributed by atoms with Crippen molar-refractivity contribution in [3.63, 3.8) is 0 Å². The summed E-state index contributed by atoms with van der Waals surface area (Å²) in [4.78, 5) is 23.2. The van der Waals surface area contributed by atoms with Gasteiger partial charge in [0.2, 0.25) is 0 Å². The minimum absolute atomic E-state index is 0.0106. The van der Waals surface area contributed by atoms with Crippen molar-refractivity contribution in [2.45, 2.75) is 27.1 Å². The summed E-state index contributed by atoms with van der Waals surface area (Å²) in [5, 5.41) is 0. The third-order valence-corrected chi connectivity index (χ3v) is 2.93. The van der Waals surface area contributed by atoms with E-state index in [4.69, 9.17) is 26.0 Å². The Balaban J connectivity index is 0.000000266. The monoisotopic (exact) mass is 404 g/mol. The maximum atomic E-state index is 12.2. The number of aromatic nitrogens is 1. The number of hydrogen-bond donors (Lipinski definition) is 0. The highest BCUT2D eigenvalue weighted by molar-refractivity contribution is 5.92. The van der Waals surface area contributed by atoms with Crippen LogP contribution in [0.15, 0.2) is 107 Å². The van der Waals surface area contributed by atoms with E-state index in [9.17, 15) is 9.59 Å². The number of para-hydroxylation sites is 1. The molecular weight excluding hydrogens is 358 g/mol. The minimum Gasteiger partial charge on any atom is -0.295 e. The molecule has 3 aromatic rings. The van der Waals surface area contributed by atoms with E-state index >= 15 is 0 Å². The van der Waals surface area contributed by atoms with Crippen LogP contribution in [-0.4, -0.2) is 10.4 Å². The van der Waals surface area contributed by atoms with Crippen molar-refractivity contribution >= 4 is 5.78 Å². The van der Waals surface area contributed by atoms with Gasteiger partial charge in [0.25, 0.3) is 5.56 Å². The summed E-state index contributed by atoms with van der Waals surface area (Å²) in [6, 6.07) is -7.05. The van der Waals surface area contributed by atoms with Gasteiger partial charge in [0.05, 0.1) is 21.9 Å². The Bertz CT molecular complexity index is 1820. The van der Waals surface area contributed by atoms with Gasteiger partial charge in [0, 0.05) is 28.4 Å². The summed E-state index contributed by atoms with van der Waals surface area (Å²) < 4.78 is 141. The first-order valence-electron chi connectivity index (χ1n) is 17.5. The van der Waals surface area contributed by atoms with Gasteiger partial charge in [-0.25, -0.2) is 0 Å². The molecule has 0 atom stereocenters. The molecule has 3 nitrogen and oxygen atoms in total. The molecule has 0 saturated carbocycles. The molecular formula is C26H27NO2. The van der Waals surface area contributed by atoms with Gasteiger partial charge in [0.15, 0.2) is 5.78 Å². The normalized spacial score (nSPS) is 22.8. The van der Waals surface area contributed by atoms with E-state index in [1.807, 2.05) is 0 Å². The molecule has 1 heterocycles. The van der Waals surface area contributed by atoms with Gasteiger partial charge in [-0.2, -0.15) is 0 Å². The van der Waals surface area contributed by atoms with Gasteiger partial charge >= 0.3 is 0 Å². The van der Waals surface area contributed by atoms with Crippen LogP contribution in [0.4, 0.5) is 0 Å². The van der Waals surface area contributed by atoms with E-state index < -0.39 is 96.4 Å². The lowest BCUT2D eigenvalue weighted by atomic mass is 10.1. The molecule has 1 aliphatic rings. The van der Waals surface area contributed by atoms with E-state index in [-0.39, 0.29) is 41.8 Å². The quantitative estimate of drug-likeness (QED) is 0.529. The smallest absolute Gasteiger partial charge is 0.255 e. The predicted octanol–water partition coefficient (Wildman–Crippen LogP) is 5.60. The van der Waals surface area contributed by atoms with Gasteiger partial charge in [-0.15, -0.1) is 0 Å². The lowest BCUT2D eigenvalue weighted by molar-refractivity contribution is -0.113. The molecule has 0 radical (unpaired) electrons. The SMILES string of the molecule is [2H]C1=C(C([2H])([2H])[2H])C([2H])=C([2H])C(=O)C1.[2H]c1c([2H])c([2H])c(-n2c([2H])c(C)c([2H])c([2H])c2=O)c([2H])c1[2H].[2H]c1c([2H])c([2H])c(C)c([2H])c1[2H]. The number of carbonyl (C=O) groups is 1. The molecule has 0 amide bonds. The molecule has 29 heavy (non-hydrogen) atoms. The Labute approximate surface area is 199 Å². The molecule has 1 aromatic heterocycles. The highest BCUT2D eigenvalue weighted by Crippen LogP contribution is 2.05. The second-order valence-corrected chi connectivity index (χ2v) is 5.25. The zero-order valence-electron chi connectivity index (χ0n) is 34.5. The molecule has 0 fully saturated rings. The average molecular weight is 405 g/mol. The van der Waals surface area contributed by atoms with E-state index in [0.717, 1.165) is 0 Å². The molecule has 0 aliphatic heterocycles. The molecule has 3 heteroatoms. The first-order chi connectivity index (χ1) is 21.8. The number of benzene rings is 2. The summed E-state index contributed by atoms with van der Waals surface area (Å²) in [7, 11) is 0. The Hall–Kier alpha value is -3.46. The molecule has 0 N–H and O–H groups in total. The lowest BCUT2D eigenvalue weighted by Gasteiger charge is -2.05. The summed E-state index contributed by atoms with van der Waals surface area (Å²) in [5.41, 5.74) is -1.74. The van der Waals surface area contributed by atoms with E-state index in [1.54, 1.807) is 0 Å². The topological polar surface area (TPSA) is 39.1 Å². The van der Waals surface area contributed by atoms with Gasteiger partial charge in [-0.3, -0.25) is 14.2 Å². The van der Waals surface area contributed by atoms with Crippen molar-refractivity contribution in [2.75, 3.05) is 0 Å². The Morgan fingerprint density at radius 1 is 0.828 bits per heavy atom. The predicted molar refractivity (Wildman–Crippen MR) is 120 cm³/mol. The van der Waals surface area contributed by atoms with E-state index in [2.05, 4.69) is 0 Å². The Kier molecular flexibility index (Phi) is 2.91. The van der Waals surface area contributed by atoms with Crippen molar-refractivity contribution in [3.8, 4) is 5.69 Å². The molecule has 0 unspecified atom stereocenters. The van der Waals surface area contributed by atoms with Crippen LogP contribution in [0.1, 0.15) is 50.4 Å². The zero-order valence-corrected chi connectivity index (χ0v) is 15.5. The average Bonchev–Trinajstić information content (AvgIpc) is 3.02. The van der Waals surface area contributed by atoms with Gasteiger partial charge in [0.1, 0.15) is 0 Å². The van der Waals surface area contributed by atoms with Crippen LogP contribution in [0.3, 0.4) is 0 Å². The number of nitrogens with zero attached hydrogens (tertiary/aromatic N) is 1. The largest absolute Gasteiger partial charge is 0.295 e. The van der Waals surface area contributed by atoms with Crippen molar-refractivity contribution in [3.05, 3.63) is 124 Å². The second-order valence-electron chi connectivity index (χ2n) is 5.25. The highest BCUT2D eigenvalue weighted by Gasteiger charge is 1.98. The third kappa shape index (κ3) is 7.97. The summed E-state index contributed by atoms with van der Waals surface area (Å²) >= 11 is 0. The highest BCUT2D eigenvalue weighted by atomic mass is 16.1. The van der Waals surface area contributed by atoms with E-state index in [0.29, 0.717) is 10.1 Å². The fourth-order valence-corrected chi connectivity index (χ4v) is 1.66. The molecule has 0 bridgehead atoms. The fraction of sp³-hybridized carbons (Fsp3) is 0.154. The van der Waals surface area contributed by atoms with Crippen LogP contribution in [0.2, 0.25) is 0 Å². The molecule has 1 aliphatic carbocycles. The number of pyridine rings is 1. The van der Waals surface area contributed by atoms with Gasteiger partial charge in [-0.1, -0.05) is 77.6 Å². The molecule has 0 saturated heterocycles. The maximum absolute atomic E-state index is 12.2. The van der Waals surface area contributed by atoms with Crippen molar-refractivity contribution in [2.24, 2.45) is 0 Å². The van der Waals surface area contributed by atoms with Gasteiger partial charge in [-0.05, 0) is 44.4 Å². The second kappa shape index (κ2) is 11.4. The Morgan fingerprint density at radius 3 is 2.14 bits per heavy atom. The van der Waals surface area contributed by atoms with E-state index in [1.165, 1.54) is 13.8 Å². The minimum atomic E-state index is -2.60. The molecule has 2 aromatic carbocycles. The molecule has 0 spiro atoms. The number of rotatable bonds is 1. The van der Waals surface area contributed by atoms with Gasteiger partial charge < -0.3 is 0 Å². The fourth-order valence-electron chi connectivity index (χ4n) is 1.66. The molecule has 148 valence electrons. The number of ketones is 1. The summed E-state index contributed by atoms with van der Waals surface area (Å²) in [6.45, 7) is 0.273. The zero-order chi connectivity index (χ0) is 37.5. The van der Waals surface area contributed by atoms with Crippen molar-refractivity contribution < 1.29 is 30.8 Å². The van der Waals surface area contributed by atoms with Crippen LogP contribution in [0.5, 0.6) is 0 Å². The molecule has 4 rings (SSSR count). The number of hydrogen-bond acceptors (Lipinski definition) is 2. The van der Waals surface area contributed by atoms with Crippen LogP contribution in [0, 0.1) is 13.8 Å². The lowest BCUT2D eigenvalue weighted by Crippen LogP contribution is -2.16. The number of carbonyl (C=O) groups excluding carboxylic acids is 1. The maximum Gasteiger partial charge on any atom is 0.255 e. The third-order valence-electron chi connectivity index (χ3n) is 2.93. The number of allylic oxidation sites excluding steroid dienone is 4. The summed E-state index contributed by atoms with van der Waals surface area (Å²) in [5.74, 6) is -0.673. The standard InChI is InChI=1S/C12H11NO.C7H8O.C7H8/c1-10-7-8-12(14)13(9-10)11-5-3-2-4-6-11;1-6-2-4-7(8)5-3-6;1-7-5-3-2-4-6-7/h2-9H,1H3;2-4H,5H2,1H3;2-6H,1H3/i2D,3D,4D,5D,6D,7D,8D,9D;1D3,2D,3D,4D;2D,3D,4D,5D,6D. The van der Waals surface area contributed by atoms with Crippen molar-refractivity contribution in [1.29, 1.82) is 0 Å². The van der Waals surface area contributed by atoms with Crippen LogP contribution in [0.25, 0.3) is 5.69 Å². The van der Waals surface area contributed by atoms with Crippen LogP contribution < -0.4 is 5.56 Å². The Morgan fingerprint density at radius 2 is 1.48 bits per heavy atom. The van der Waals surface area contributed by atoms with Crippen LogP contribution in [-0.2, 0) is 4.79 Å². The van der Waals surface area contributed by atoms with Crippen LogP contribution >= 0.6 is 0 Å². The first-order valence-corrected chi connectivity index (χ1v) is 8.04. The summed E-state index contributed by atoms with van der Waals surface area (Å²) in [6.07, 6.45) is -0.876. The van der Waals surface area contributed by atoms with Crippen molar-refractivity contribution in [1.82, 2.24) is 4.57 Å². The first kappa shape index (κ1) is 7.42.